The topological polar surface area (TPSA) is 74.2 Å². The van der Waals surface area contributed by atoms with Gasteiger partial charge in [0.2, 0.25) is 0 Å². The number of nitrogens with one attached hydrogen (secondary N) is 1. The number of hydrazone groups is 1. The van der Waals surface area contributed by atoms with Crippen LogP contribution in [0.4, 0.5) is 5.69 Å². The largest absolute Gasteiger partial charge is 0.507 e. The monoisotopic (exact) mass is 383 g/mol. The van der Waals surface area contributed by atoms with E-state index in [4.69, 9.17) is 4.74 Å². The third-order valence-electron chi connectivity index (χ3n) is 4.45. The van der Waals surface area contributed by atoms with Gasteiger partial charge in [-0.2, -0.15) is 5.10 Å². The van der Waals surface area contributed by atoms with Crippen molar-refractivity contribution in [3.63, 3.8) is 0 Å². The first-order valence-electron chi connectivity index (χ1n) is 9.57. The van der Waals surface area contributed by atoms with E-state index in [1.165, 1.54) is 11.8 Å². The van der Waals surface area contributed by atoms with Gasteiger partial charge in [-0.05, 0) is 49.6 Å². The lowest BCUT2D eigenvalue weighted by Crippen LogP contribution is -2.24. The Morgan fingerprint density at radius 3 is 2.43 bits per heavy atom. The third-order valence-corrected chi connectivity index (χ3v) is 4.45. The minimum absolute atomic E-state index is 0.115. The van der Waals surface area contributed by atoms with Crippen molar-refractivity contribution in [2.45, 2.75) is 33.6 Å². The first-order valence-corrected chi connectivity index (χ1v) is 9.57. The molecule has 0 fully saturated rings. The smallest absolute Gasteiger partial charge is 0.277 e. The zero-order valence-electron chi connectivity index (χ0n) is 17.0. The van der Waals surface area contributed by atoms with Crippen LogP contribution in [0, 0.1) is 0 Å². The number of hydrogen-bond acceptors (Lipinski definition) is 5. The van der Waals surface area contributed by atoms with Gasteiger partial charge in [-0.15, -0.1) is 0 Å². The Labute approximate surface area is 166 Å². The van der Waals surface area contributed by atoms with Gasteiger partial charge in [0.25, 0.3) is 5.91 Å². The number of nitrogens with zero attached hydrogens (tertiary/aromatic N) is 2. The van der Waals surface area contributed by atoms with Crippen molar-refractivity contribution in [3.8, 4) is 11.5 Å². The number of hydrogen-bond donors (Lipinski definition) is 2. The van der Waals surface area contributed by atoms with E-state index in [2.05, 4.69) is 43.1 Å². The zero-order chi connectivity index (χ0) is 20.5. The van der Waals surface area contributed by atoms with Crippen LogP contribution in [0.1, 0.15) is 44.7 Å². The van der Waals surface area contributed by atoms with Gasteiger partial charge in [-0.25, -0.2) is 5.43 Å². The maximum Gasteiger partial charge on any atom is 0.277 e. The molecule has 6 nitrogen and oxygen atoms in total. The van der Waals surface area contributed by atoms with Crippen molar-refractivity contribution in [1.82, 2.24) is 5.43 Å². The van der Waals surface area contributed by atoms with E-state index in [1.54, 1.807) is 12.1 Å². The van der Waals surface area contributed by atoms with Crippen molar-refractivity contribution in [3.05, 3.63) is 53.6 Å². The quantitative estimate of drug-likeness (QED) is 0.509. The predicted octanol–water partition coefficient (Wildman–Crippen LogP) is 3.89. The highest BCUT2D eigenvalue weighted by molar-refractivity contribution is 5.86. The Balaban J connectivity index is 1.85. The fourth-order valence-corrected chi connectivity index (χ4v) is 2.73. The number of amides is 1. The number of ether oxygens (including phenoxy) is 1. The molecule has 0 atom stereocenters. The van der Waals surface area contributed by atoms with E-state index in [9.17, 15) is 9.90 Å². The van der Waals surface area contributed by atoms with Gasteiger partial charge in [-0.3, -0.25) is 4.79 Å². The van der Waals surface area contributed by atoms with Crippen molar-refractivity contribution in [2.75, 3.05) is 24.6 Å². The minimum atomic E-state index is -0.372. The van der Waals surface area contributed by atoms with Gasteiger partial charge in [0.05, 0.1) is 6.21 Å². The van der Waals surface area contributed by atoms with E-state index in [0.29, 0.717) is 17.2 Å². The molecule has 2 rings (SSSR count). The van der Waals surface area contributed by atoms with E-state index in [1.807, 2.05) is 30.3 Å². The van der Waals surface area contributed by atoms with Gasteiger partial charge in [-0.1, -0.05) is 26.0 Å². The molecule has 0 heterocycles. The second kappa shape index (κ2) is 10.3. The van der Waals surface area contributed by atoms with Crippen molar-refractivity contribution < 1.29 is 14.6 Å². The molecule has 1 amide bonds. The van der Waals surface area contributed by atoms with Crippen LogP contribution in [0.15, 0.2) is 47.6 Å². The molecule has 2 N–H and O–H groups in total. The van der Waals surface area contributed by atoms with Gasteiger partial charge < -0.3 is 14.7 Å². The van der Waals surface area contributed by atoms with E-state index < -0.39 is 0 Å². The summed E-state index contributed by atoms with van der Waals surface area (Å²) >= 11 is 0. The van der Waals surface area contributed by atoms with Crippen LogP contribution in [0.3, 0.4) is 0 Å². The van der Waals surface area contributed by atoms with Gasteiger partial charge in [0.15, 0.2) is 6.61 Å². The van der Waals surface area contributed by atoms with Gasteiger partial charge in [0, 0.05) is 30.4 Å². The predicted molar refractivity (Wildman–Crippen MR) is 113 cm³/mol. The molecular weight excluding hydrogens is 354 g/mol. The third kappa shape index (κ3) is 6.01. The van der Waals surface area contributed by atoms with E-state index >= 15 is 0 Å². The molecule has 0 unspecified atom stereocenters. The molecule has 0 radical (unpaired) electrons. The fraction of sp³-hybridized carbons (Fsp3) is 0.364. The highest BCUT2D eigenvalue weighted by atomic mass is 16.5. The molecule has 0 aromatic heterocycles. The first kappa shape index (κ1) is 21.3. The molecular formula is C22H29N3O3. The molecule has 0 aliphatic heterocycles. The highest BCUT2D eigenvalue weighted by Gasteiger charge is 2.06. The van der Waals surface area contributed by atoms with Crippen LogP contribution in [0.2, 0.25) is 0 Å². The summed E-state index contributed by atoms with van der Waals surface area (Å²) in [7, 11) is 0. The molecule has 0 saturated heterocycles. The van der Waals surface area contributed by atoms with Crippen molar-refractivity contribution in [1.29, 1.82) is 0 Å². The summed E-state index contributed by atoms with van der Waals surface area (Å²) in [5.74, 6) is 0.824. The number of carbonyl (C=O) groups is 1. The minimum Gasteiger partial charge on any atom is -0.507 e. The molecule has 2 aromatic rings. The summed E-state index contributed by atoms with van der Waals surface area (Å²) in [5, 5.41) is 14.0. The Hall–Kier alpha value is -3.02. The summed E-state index contributed by atoms with van der Waals surface area (Å²) < 4.78 is 5.45. The molecule has 6 heteroatoms. The summed E-state index contributed by atoms with van der Waals surface area (Å²) in [5.41, 5.74) is 5.09. The molecule has 150 valence electrons. The summed E-state index contributed by atoms with van der Waals surface area (Å²) in [6.45, 7) is 9.95. The Morgan fingerprint density at radius 1 is 1.18 bits per heavy atom. The zero-order valence-corrected chi connectivity index (χ0v) is 17.0. The SMILES string of the molecule is CCN(CC)c1ccc(/C=N/NC(=O)COc2ccc(C(C)C)cc2)c(O)c1. The molecule has 2 aromatic carbocycles. The number of carbonyl (C=O) groups excluding carboxylic acids is 1. The van der Waals surface area contributed by atoms with E-state index in [-0.39, 0.29) is 18.3 Å². The maximum atomic E-state index is 11.9. The number of rotatable bonds is 9. The number of phenolic OH excluding ortho intramolecular Hbond substituents is 1. The lowest BCUT2D eigenvalue weighted by molar-refractivity contribution is -0.123. The van der Waals surface area contributed by atoms with E-state index in [0.717, 1.165) is 18.8 Å². The summed E-state index contributed by atoms with van der Waals surface area (Å²) in [6, 6.07) is 13.1. The number of phenols is 1. The Morgan fingerprint density at radius 2 is 1.86 bits per heavy atom. The Kier molecular flexibility index (Phi) is 7.87. The molecule has 28 heavy (non-hydrogen) atoms. The molecule has 0 saturated carbocycles. The lowest BCUT2D eigenvalue weighted by Gasteiger charge is -2.21. The number of aromatic hydroxyl groups is 1. The second-order valence-corrected chi connectivity index (χ2v) is 6.72. The van der Waals surface area contributed by atoms with Crippen LogP contribution in [0.25, 0.3) is 0 Å². The average Bonchev–Trinajstić information content (AvgIpc) is 2.69. The van der Waals surface area contributed by atoms with Crippen LogP contribution in [-0.4, -0.2) is 36.9 Å². The van der Waals surface area contributed by atoms with Crippen molar-refractivity contribution in [2.24, 2.45) is 5.10 Å². The highest BCUT2D eigenvalue weighted by Crippen LogP contribution is 2.23. The normalized spacial score (nSPS) is 11.0. The Bertz CT molecular complexity index is 797. The molecule has 0 spiro atoms. The molecule has 0 bridgehead atoms. The average molecular weight is 383 g/mol. The molecule has 0 aliphatic rings. The van der Waals surface area contributed by atoms with Gasteiger partial charge in [0.1, 0.15) is 11.5 Å². The van der Waals surface area contributed by atoms with Gasteiger partial charge >= 0.3 is 0 Å². The first-order chi connectivity index (χ1) is 13.4. The van der Waals surface area contributed by atoms with Crippen LogP contribution < -0.4 is 15.1 Å². The number of benzene rings is 2. The molecule has 0 aliphatic carbocycles. The van der Waals surface area contributed by atoms with Crippen LogP contribution in [0.5, 0.6) is 11.5 Å². The number of anilines is 1. The second-order valence-electron chi connectivity index (χ2n) is 6.72. The fourth-order valence-electron chi connectivity index (χ4n) is 2.73. The maximum absolute atomic E-state index is 11.9. The van der Waals surface area contributed by atoms with Crippen LogP contribution in [-0.2, 0) is 4.79 Å². The summed E-state index contributed by atoms with van der Waals surface area (Å²) in [4.78, 5) is 14.0. The summed E-state index contributed by atoms with van der Waals surface area (Å²) in [6.07, 6.45) is 1.41. The van der Waals surface area contributed by atoms with Crippen LogP contribution >= 0.6 is 0 Å². The van der Waals surface area contributed by atoms with Crippen molar-refractivity contribution >= 4 is 17.8 Å². The standard InChI is InChI=1S/C22H29N3O3/c1-5-25(6-2)19-10-7-18(21(26)13-19)14-23-24-22(27)15-28-20-11-8-17(9-12-20)16(3)4/h7-14,16,26H,5-6,15H2,1-4H3,(H,24,27)/b23-14+. The lowest BCUT2D eigenvalue weighted by atomic mass is 10.0.